The second-order valence-corrected chi connectivity index (χ2v) is 6.75. The Bertz CT molecular complexity index is 575. The van der Waals surface area contributed by atoms with Crippen molar-refractivity contribution in [1.82, 2.24) is 10.2 Å². The number of amides is 3. The molecule has 0 radical (unpaired) electrons. The highest BCUT2D eigenvalue weighted by atomic mass is 16.2. The van der Waals surface area contributed by atoms with Gasteiger partial charge in [0.25, 0.3) is 0 Å². The lowest BCUT2D eigenvalue weighted by molar-refractivity contribution is -0.126. The fourth-order valence-corrected chi connectivity index (χ4v) is 2.98. The zero-order valence-electron chi connectivity index (χ0n) is 13.7. The Morgan fingerprint density at radius 1 is 1.17 bits per heavy atom. The van der Waals surface area contributed by atoms with Crippen molar-refractivity contribution in [3.05, 3.63) is 29.8 Å². The molecule has 5 nitrogen and oxygen atoms in total. The second-order valence-electron chi connectivity index (χ2n) is 6.75. The Morgan fingerprint density at radius 3 is 2.57 bits per heavy atom. The number of hydrogen-bond donors (Lipinski definition) is 2. The van der Waals surface area contributed by atoms with E-state index < -0.39 is 0 Å². The number of aryl methyl sites for hydroxylation is 1. The standard InChI is InChI=1S/C18H25N3O2/c1-13-3-2-4-16(11-13)20-18(23)21-9-7-15(8-10-21)17(22)19-12-14-5-6-14/h2-4,11,14-15H,5-10,12H2,1H3,(H,19,22)(H,20,23). The molecule has 2 aliphatic rings. The number of likely N-dealkylation sites (tertiary alicyclic amines) is 1. The minimum absolute atomic E-state index is 0.0526. The molecule has 0 bridgehead atoms. The van der Waals surface area contributed by atoms with Crippen molar-refractivity contribution < 1.29 is 9.59 Å². The molecule has 2 fully saturated rings. The van der Waals surface area contributed by atoms with Crippen LogP contribution in [0.5, 0.6) is 0 Å². The number of anilines is 1. The first-order valence-corrected chi connectivity index (χ1v) is 8.52. The Hall–Kier alpha value is -2.04. The van der Waals surface area contributed by atoms with Gasteiger partial charge in [-0.3, -0.25) is 4.79 Å². The van der Waals surface area contributed by atoms with E-state index in [-0.39, 0.29) is 17.9 Å². The minimum Gasteiger partial charge on any atom is -0.356 e. The molecule has 1 aromatic carbocycles. The fraction of sp³-hybridized carbons (Fsp3) is 0.556. The van der Waals surface area contributed by atoms with Crippen molar-refractivity contribution in [3.63, 3.8) is 0 Å². The summed E-state index contributed by atoms with van der Waals surface area (Å²) in [6.07, 6.45) is 3.99. The first-order valence-electron chi connectivity index (χ1n) is 8.52. The van der Waals surface area contributed by atoms with Crippen LogP contribution in [-0.4, -0.2) is 36.5 Å². The van der Waals surface area contributed by atoms with Gasteiger partial charge in [-0.2, -0.15) is 0 Å². The van der Waals surface area contributed by atoms with Crippen LogP contribution in [0, 0.1) is 18.8 Å². The van der Waals surface area contributed by atoms with Gasteiger partial charge in [-0.15, -0.1) is 0 Å². The molecule has 23 heavy (non-hydrogen) atoms. The molecular formula is C18H25N3O2. The summed E-state index contributed by atoms with van der Waals surface area (Å²) in [6.45, 7) is 4.10. The maximum atomic E-state index is 12.3. The zero-order chi connectivity index (χ0) is 16.2. The number of nitrogens with zero attached hydrogens (tertiary/aromatic N) is 1. The van der Waals surface area contributed by atoms with Crippen molar-refractivity contribution in [2.24, 2.45) is 11.8 Å². The number of nitrogens with one attached hydrogen (secondary N) is 2. The third-order valence-corrected chi connectivity index (χ3v) is 4.68. The van der Waals surface area contributed by atoms with Crippen molar-refractivity contribution in [3.8, 4) is 0 Å². The second kappa shape index (κ2) is 7.02. The molecule has 2 N–H and O–H groups in total. The van der Waals surface area contributed by atoms with Crippen LogP contribution in [0.1, 0.15) is 31.2 Å². The molecule has 0 aromatic heterocycles. The van der Waals surface area contributed by atoms with Crippen LogP contribution in [0.3, 0.4) is 0 Å². The average Bonchev–Trinajstić information content (AvgIpc) is 3.37. The van der Waals surface area contributed by atoms with Gasteiger partial charge >= 0.3 is 6.03 Å². The van der Waals surface area contributed by atoms with Gasteiger partial charge in [0.15, 0.2) is 0 Å². The Kier molecular flexibility index (Phi) is 4.84. The van der Waals surface area contributed by atoms with E-state index in [9.17, 15) is 9.59 Å². The van der Waals surface area contributed by atoms with E-state index in [1.807, 2.05) is 31.2 Å². The lowest BCUT2D eigenvalue weighted by atomic mass is 9.96. The van der Waals surface area contributed by atoms with Crippen molar-refractivity contribution in [2.75, 3.05) is 25.0 Å². The van der Waals surface area contributed by atoms with Crippen LogP contribution in [0.15, 0.2) is 24.3 Å². The Morgan fingerprint density at radius 2 is 1.91 bits per heavy atom. The van der Waals surface area contributed by atoms with E-state index >= 15 is 0 Å². The topological polar surface area (TPSA) is 61.4 Å². The van der Waals surface area contributed by atoms with E-state index in [0.717, 1.165) is 30.6 Å². The number of benzene rings is 1. The first kappa shape index (κ1) is 15.8. The van der Waals surface area contributed by atoms with Crippen molar-refractivity contribution >= 4 is 17.6 Å². The summed E-state index contributed by atoms with van der Waals surface area (Å²) in [6, 6.07) is 7.70. The van der Waals surface area contributed by atoms with Crippen LogP contribution in [0.25, 0.3) is 0 Å². The van der Waals surface area contributed by atoms with Crippen LogP contribution in [0.4, 0.5) is 10.5 Å². The molecule has 5 heteroatoms. The highest BCUT2D eigenvalue weighted by Crippen LogP contribution is 2.28. The Balaban J connectivity index is 1.44. The molecule has 1 aliphatic carbocycles. The maximum absolute atomic E-state index is 12.3. The molecule has 0 unspecified atom stereocenters. The first-order chi connectivity index (χ1) is 11.1. The van der Waals surface area contributed by atoms with Gasteiger partial charge < -0.3 is 15.5 Å². The summed E-state index contributed by atoms with van der Waals surface area (Å²) in [5.41, 5.74) is 1.94. The molecule has 0 atom stereocenters. The van der Waals surface area contributed by atoms with Crippen molar-refractivity contribution in [2.45, 2.75) is 32.6 Å². The van der Waals surface area contributed by atoms with Gasteiger partial charge in [0, 0.05) is 31.2 Å². The maximum Gasteiger partial charge on any atom is 0.321 e. The summed E-state index contributed by atoms with van der Waals surface area (Å²) in [7, 11) is 0. The molecule has 3 amide bonds. The number of urea groups is 1. The average molecular weight is 315 g/mol. The predicted molar refractivity (Wildman–Crippen MR) is 90.2 cm³/mol. The number of hydrogen-bond acceptors (Lipinski definition) is 2. The van der Waals surface area contributed by atoms with Gasteiger partial charge in [-0.25, -0.2) is 4.79 Å². The molecule has 0 spiro atoms. The number of carbonyl (C=O) groups excluding carboxylic acids is 2. The highest BCUT2D eigenvalue weighted by Gasteiger charge is 2.29. The van der Waals surface area contributed by atoms with Gasteiger partial charge in [0.1, 0.15) is 0 Å². The van der Waals surface area contributed by atoms with Crippen LogP contribution in [0.2, 0.25) is 0 Å². The molecule has 1 saturated heterocycles. The van der Waals surface area contributed by atoms with Crippen LogP contribution < -0.4 is 10.6 Å². The summed E-state index contributed by atoms with van der Waals surface area (Å²) in [5, 5.41) is 5.98. The molecular weight excluding hydrogens is 290 g/mol. The number of rotatable bonds is 4. The smallest absolute Gasteiger partial charge is 0.321 e. The van der Waals surface area contributed by atoms with Gasteiger partial charge in [0.2, 0.25) is 5.91 Å². The molecule has 1 aromatic rings. The highest BCUT2D eigenvalue weighted by molar-refractivity contribution is 5.89. The van der Waals surface area contributed by atoms with Crippen LogP contribution >= 0.6 is 0 Å². The van der Waals surface area contributed by atoms with E-state index in [4.69, 9.17) is 0 Å². The lowest BCUT2D eigenvalue weighted by Crippen LogP contribution is -2.44. The fourth-order valence-electron chi connectivity index (χ4n) is 2.98. The molecule has 3 rings (SSSR count). The Labute approximate surface area is 137 Å². The largest absolute Gasteiger partial charge is 0.356 e. The monoisotopic (exact) mass is 315 g/mol. The quantitative estimate of drug-likeness (QED) is 0.897. The normalized spacial score (nSPS) is 18.6. The summed E-state index contributed by atoms with van der Waals surface area (Å²) < 4.78 is 0. The zero-order valence-corrected chi connectivity index (χ0v) is 13.7. The SMILES string of the molecule is Cc1cccc(NC(=O)N2CCC(C(=O)NCC3CC3)CC2)c1. The number of piperidine rings is 1. The van der Waals surface area contributed by atoms with E-state index in [1.54, 1.807) is 4.90 Å². The van der Waals surface area contributed by atoms with Gasteiger partial charge in [-0.1, -0.05) is 12.1 Å². The molecule has 1 saturated carbocycles. The third kappa shape index (κ3) is 4.47. The van der Waals surface area contributed by atoms with E-state index in [0.29, 0.717) is 19.0 Å². The van der Waals surface area contributed by atoms with E-state index in [1.165, 1.54) is 12.8 Å². The van der Waals surface area contributed by atoms with Crippen LogP contribution in [-0.2, 0) is 4.79 Å². The van der Waals surface area contributed by atoms with Gasteiger partial charge in [-0.05, 0) is 56.2 Å². The third-order valence-electron chi connectivity index (χ3n) is 4.68. The summed E-state index contributed by atoms with van der Waals surface area (Å²) in [5.74, 6) is 0.923. The predicted octanol–water partition coefficient (Wildman–Crippen LogP) is 2.77. The van der Waals surface area contributed by atoms with Gasteiger partial charge in [0.05, 0.1) is 0 Å². The molecule has 1 heterocycles. The minimum atomic E-state index is -0.0764. The summed E-state index contributed by atoms with van der Waals surface area (Å²) >= 11 is 0. The number of carbonyl (C=O) groups is 2. The lowest BCUT2D eigenvalue weighted by Gasteiger charge is -2.31. The summed E-state index contributed by atoms with van der Waals surface area (Å²) in [4.78, 5) is 26.2. The van der Waals surface area contributed by atoms with Crippen molar-refractivity contribution in [1.29, 1.82) is 0 Å². The van der Waals surface area contributed by atoms with E-state index in [2.05, 4.69) is 10.6 Å². The molecule has 124 valence electrons. The molecule has 1 aliphatic heterocycles.